The Bertz CT molecular complexity index is 1770. The molecule has 89 heavy (non-hydrogen) atoms. The van der Waals surface area contributed by atoms with Crippen LogP contribution in [-0.4, -0.2) is 140 Å². The Morgan fingerprint density at radius 3 is 1.18 bits per heavy atom. The largest absolute Gasteiger partial charge is 0.394 e. The molecule has 518 valence electrons. The first-order valence-electron chi connectivity index (χ1n) is 36.7. The molecular weight excluding hydrogens is 1120 g/mol. The van der Waals surface area contributed by atoms with E-state index in [1.165, 1.54) is 199 Å². The smallest absolute Gasteiger partial charge is 0.220 e. The summed E-state index contributed by atoms with van der Waals surface area (Å²) in [6, 6.07) is -0.948. The van der Waals surface area contributed by atoms with Gasteiger partial charge in [-0.25, -0.2) is 0 Å². The topological polar surface area (TPSA) is 228 Å². The van der Waals surface area contributed by atoms with Gasteiger partial charge < -0.3 is 65.1 Å². The number of nitrogens with one attached hydrogen (secondary N) is 1. The van der Waals surface area contributed by atoms with Gasteiger partial charge in [0.2, 0.25) is 5.91 Å². The van der Waals surface area contributed by atoms with Crippen LogP contribution in [0.4, 0.5) is 0 Å². The molecule has 2 rings (SSSR count). The van der Waals surface area contributed by atoms with Gasteiger partial charge in [0.05, 0.1) is 32.0 Å². The van der Waals surface area contributed by atoms with Gasteiger partial charge in [0.25, 0.3) is 0 Å². The number of allylic oxidation sites excluding steroid dienone is 11. The van der Waals surface area contributed by atoms with Gasteiger partial charge in [-0.2, -0.15) is 0 Å². The number of ether oxygens (including phenoxy) is 4. The normalized spacial score (nSPS) is 23.4. The highest BCUT2D eigenvalue weighted by Crippen LogP contribution is 2.30. The zero-order chi connectivity index (χ0) is 64.5. The highest BCUT2D eigenvalue weighted by molar-refractivity contribution is 5.76. The van der Waals surface area contributed by atoms with E-state index in [1.807, 2.05) is 6.08 Å². The van der Waals surface area contributed by atoms with Crippen LogP contribution in [0.5, 0.6) is 0 Å². The van der Waals surface area contributed by atoms with Crippen molar-refractivity contribution in [3.8, 4) is 0 Å². The summed E-state index contributed by atoms with van der Waals surface area (Å²) >= 11 is 0. The molecule has 0 aromatic heterocycles. The van der Waals surface area contributed by atoms with Crippen LogP contribution < -0.4 is 5.32 Å². The van der Waals surface area contributed by atoms with E-state index in [-0.39, 0.29) is 18.9 Å². The number of aliphatic hydroxyl groups excluding tert-OH is 8. The fourth-order valence-electron chi connectivity index (χ4n) is 11.7. The maximum absolute atomic E-state index is 13.3. The quantitative estimate of drug-likeness (QED) is 0.0204. The molecule has 9 N–H and O–H groups in total. The van der Waals surface area contributed by atoms with Crippen molar-refractivity contribution in [3.05, 3.63) is 72.9 Å². The van der Waals surface area contributed by atoms with E-state index in [0.29, 0.717) is 12.8 Å². The van der Waals surface area contributed by atoms with Gasteiger partial charge >= 0.3 is 0 Å². The number of unbranched alkanes of at least 4 members (excludes halogenated alkanes) is 37. The van der Waals surface area contributed by atoms with Crippen LogP contribution in [0, 0.1) is 0 Å². The number of aliphatic hydroxyl groups is 8. The summed E-state index contributed by atoms with van der Waals surface area (Å²) in [6.07, 6.45) is 64.0. The van der Waals surface area contributed by atoms with Gasteiger partial charge in [-0.05, 0) is 83.5 Å². The monoisotopic (exact) mass is 1260 g/mol. The van der Waals surface area contributed by atoms with Gasteiger partial charge in [0.15, 0.2) is 12.6 Å². The standard InChI is InChI=1S/C75H135NO13/c1-3-5-7-9-11-13-15-17-19-21-23-25-27-28-29-30-31-32-33-34-35-37-38-40-42-44-46-48-50-52-54-56-58-64(79)63(62-86-74-72(85)70(83)73(66(61-78)88-74)89-75-71(84)69(82)68(81)65(60-77)87-75)76-67(80)59-57-55-53-51-49-47-45-43-41-39-36-26-24-22-20-18-16-14-12-10-8-6-4-2/h16,18,22,24,36,39-40,42,48,50,56,58,63-66,68-75,77-79,81-85H,3-15,17,19-21,23,25-35,37-38,41,43-47,49,51-55,57,59-62H2,1-2H3,(H,76,80)/b18-16-,24-22-,39-36-,42-40+,50-48+,58-56+. The molecule has 0 aromatic carbocycles. The molecule has 2 heterocycles. The lowest BCUT2D eigenvalue weighted by atomic mass is 9.97. The number of carbonyl (C=O) groups excluding carboxylic acids is 1. The van der Waals surface area contributed by atoms with Crippen LogP contribution in [0.1, 0.15) is 303 Å². The minimum Gasteiger partial charge on any atom is -0.394 e. The minimum atomic E-state index is -1.80. The highest BCUT2D eigenvalue weighted by Gasteiger charge is 2.51. The molecule has 2 aliphatic heterocycles. The molecule has 2 saturated heterocycles. The second kappa shape index (κ2) is 59.2. The summed E-state index contributed by atoms with van der Waals surface area (Å²) in [5, 5.41) is 87.4. The molecular formula is C75H135NO13. The molecule has 0 aliphatic carbocycles. The number of amides is 1. The number of hydrogen-bond acceptors (Lipinski definition) is 13. The van der Waals surface area contributed by atoms with E-state index in [9.17, 15) is 45.6 Å². The fourth-order valence-corrected chi connectivity index (χ4v) is 11.7. The van der Waals surface area contributed by atoms with Crippen molar-refractivity contribution in [2.24, 2.45) is 0 Å². The summed E-state index contributed by atoms with van der Waals surface area (Å²) in [5.41, 5.74) is 0. The Balaban J connectivity index is 1.69. The summed E-state index contributed by atoms with van der Waals surface area (Å²) in [7, 11) is 0. The molecule has 12 atom stereocenters. The zero-order valence-electron chi connectivity index (χ0n) is 56.4. The average molecular weight is 1260 g/mol. The molecule has 0 radical (unpaired) electrons. The first-order chi connectivity index (χ1) is 43.6. The lowest BCUT2D eigenvalue weighted by Crippen LogP contribution is -2.65. The van der Waals surface area contributed by atoms with Crippen molar-refractivity contribution in [3.63, 3.8) is 0 Å². The molecule has 12 unspecified atom stereocenters. The van der Waals surface area contributed by atoms with E-state index < -0.39 is 86.8 Å². The van der Waals surface area contributed by atoms with E-state index in [1.54, 1.807) is 6.08 Å². The van der Waals surface area contributed by atoms with E-state index >= 15 is 0 Å². The predicted molar refractivity (Wildman–Crippen MR) is 364 cm³/mol. The summed E-state index contributed by atoms with van der Waals surface area (Å²) in [4.78, 5) is 13.3. The lowest BCUT2D eigenvalue weighted by molar-refractivity contribution is -0.359. The SMILES string of the molecule is CCCCCCC/C=C\C/C=C\C/C=C\CCCCCCCCCCC(=O)NC(COC1OC(CO)C(OC2OC(CO)C(O)C(O)C2O)C(O)C1O)C(O)/C=C/CC/C=C/CC/C=C/CCCCCCCCCCCCCCCCCCCCCCCC. The second-order valence-corrected chi connectivity index (χ2v) is 25.7. The Morgan fingerprint density at radius 1 is 0.404 bits per heavy atom. The summed E-state index contributed by atoms with van der Waals surface area (Å²) in [5.74, 6) is -0.260. The third kappa shape index (κ3) is 43.1. The van der Waals surface area contributed by atoms with Crippen molar-refractivity contribution in [2.45, 2.75) is 376 Å². The van der Waals surface area contributed by atoms with Crippen LogP contribution in [0.25, 0.3) is 0 Å². The summed E-state index contributed by atoms with van der Waals surface area (Å²) < 4.78 is 22.8. The van der Waals surface area contributed by atoms with Crippen molar-refractivity contribution in [1.82, 2.24) is 5.32 Å². The highest BCUT2D eigenvalue weighted by atomic mass is 16.7. The van der Waals surface area contributed by atoms with Crippen molar-refractivity contribution in [2.75, 3.05) is 19.8 Å². The minimum absolute atomic E-state index is 0.259. The number of rotatable bonds is 60. The predicted octanol–water partition coefficient (Wildman–Crippen LogP) is 15.4. The third-order valence-corrected chi connectivity index (χ3v) is 17.6. The Kier molecular flexibility index (Phi) is 54.9. The molecule has 14 nitrogen and oxygen atoms in total. The van der Waals surface area contributed by atoms with Crippen molar-refractivity contribution < 1.29 is 64.6 Å². The van der Waals surface area contributed by atoms with Crippen molar-refractivity contribution in [1.29, 1.82) is 0 Å². The third-order valence-electron chi connectivity index (χ3n) is 17.6. The van der Waals surface area contributed by atoms with Gasteiger partial charge in [-0.3, -0.25) is 4.79 Å². The zero-order valence-corrected chi connectivity index (χ0v) is 56.4. The molecule has 0 bridgehead atoms. The molecule has 2 aliphatic rings. The second-order valence-electron chi connectivity index (χ2n) is 25.7. The summed E-state index contributed by atoms with van der Waals surface area (Å²) in [6.45, 7) is 2.79. The first-order valence-corrected chi connectivity index (χ1v) is 36.7. The van der Waals surface area contributed by atoms with Gasteiger partial charge in [0.1, 0.15) is 48.8 Å². The van der Waals surface area contributed by atoms with Crippen LogP contribution in [0.3, 0.4) is 0 Å². The average Bonchev–Trinajstić information content (AvgIpc) is 3.63. The Morgan fingerprint density at radius 2 is 0.753 bits per heavy atom. The number of carbonyl (C=O) groups is 1. The molecule has 2 fully saturated rings. The van der Waals surface area contributed by atoms with Gasteiger partial charge in [0, 0.05) is 6.42 Å². The molecule has 0 saturated carbocycles. The van der Waals surface area contributed by atoms with Crippen LogP contribution >= 0.6 is 0 Å². The van der Waals surface area contributed by atoms with Crippen molar-refractivity contribution >= 4 is 5.91 Å². The molecule has 0 aromatic rings. The Labute approximate surface area is 542 Å². The molecule has 14 heteroatoms. The Hall–Kier alpha value is -2.57. The van der Waals surface area contributed by atoms with E-state index in [4.69, 9.17) is 18.9 Å². The maximum Gasteiger partial charge on any atom is 0.220 e. The maximum atomic E-state index is 13.3. The van der Waals surface area contributed by atoms with Crippen LogP contribution in [0.2, 0.25) is 0 Å². The fraction of sp³-hybridized carbons (Fsp3) is 0.827. The molecule has 1 amide bonds. The van der Waals surface area contributed by atoms with Gasteiger partial charge in [-0.15, -0.1) is 0 Å². The van der Waals surface area contributed by atoms with Gasteiger partial charge in [-0.1, -0.05) is 286 Å². The molecule has 0 spiro atoms. The lowest BCUT2D eigenvalue weighted by Gasteiger charge is -2.46. The van der Waals surface area contributed by atoms with E-state index in [0.717, 1.165) is 70.6 Å². The van der Waals surface area contributed by atoms with Crippen LogP contribution in [-0.2, 0) is 23.7 Å². The first kappa shape index (κ1) is 82.5. The number of hydrogen-bond donors (Lipinski definition) is 9. The van der Waals surface area contributed by atoms with Crippen LogP contribution in [0.15, 0.2) is 72.9 Å². The van der Waals surface area contributed by atoms with E-state index in [2.05, 4.69) is 79.9 Å².